The molecule has 0 unspecified atom stereocenters. The van der Waals surface area contributed by atoms with E-state index in [2.05, 4.69) is 4.98 Å². The van der Waals surface area contributed by atoms with Crippen LogP contribution in [0.1, 0.15) is 12.5 Å². The molecule has 1 aliphatic heterocycles. The van der Waals surface area contributed by atoms with Crippen LogP contribution in [0.5, 0.6) is 0 Å². The third kappa shape index (κ3) is 3.59. The molecule has 1 aromatic carbocycles. The Morgan fingerprint density at radius 1 is 1.28 bits per heavy atom. The third-order valence-corrected chi connectivity index (χ3v) is 7.26. The molecule has 4 rings (SSSR count). The van der Waals surface area contributed by atoms with Gasteiger partial charge in [0.1, 0.15) is 0 Å². The molecule has 0 N–H and O–H groups in total. The number of methoxy groups -OCH3 is 1. The largest absolute Gasteiger partial charge is 0.383 e. The van der Waals surface area contributed by atoms with Crippen molar-refractivity contribution >= 4 is 32.8 Å². The van der Waals surface area contributed by atoms with Gasteiger partial charge in [0.25, 0.3) is 0 Å². The molecule has 1 atom stereocenters. The van der Waals surface area contributed by atoms with Crippen LogP contribution in [0.15, 0.2) is 52.3 Å². The second-order valence-electron chi connectivity index (χ2n) is 6.91. The van der Waals surface area contributed by atoms with E-state index in [1.165, 1.54) is 16.4 Å². The van der Waals surface area contributed by atoms with Gasteiger partial charge in [-0.15, -0.1) is 0 Å². The van der Waals surface area contributed by atoms with E-state index >= 15 is 0 Å². The predicted octanol–water partition coefficient (Wildman–Crippen LogP) is 2.13. The van der Waals surface area contributed by atoms with E-state index in [4.69, 9.17) is 16.3 Å². The minimum Gasteiger partial charge on any atom is -0.383 e. The molecule has 0 saturated carbocycles. The normalized spacial score (nSPS) is 17.9. The molecule has 1 saturated heterocycles. The number of halogens is 1. The molecule has 8 nitrogen and oxygen atoms in total. The molecule has 29 heavy (non-hydrogen) atoms. The van der Waals surface area contributed by atoms with Crippen LogP contribution in [-0.4, -0.2) is 53.6 Å². The average Bonchev–Trinajstić information content (AvgIpc) is 3.29. The van der Waals surface area contributed by atoms with Gasteiger partial charge in [0.15, 0.2) is 5.65 Å². The standard InChI is InChI=1S/C19H21ClN4O4S/c1-28-11-10-23-17-6-3-8-21-18(17)24(19(23)25)15-7-9-22(13-15)29(26,27)16-5-2-4-14(20)12-16/h2-6,8,12,15H,7,9-11,13H2,1H3/t15-/m1/s1. The van der Waals surface area contributed by atoms with Gasteiger partial charge in [-0.1, -0.05) is 17.7 Å². The third-order valence-electron chi connectivity index (χ3n) is 5.17. The predicted molar refractivity (Wildman–Crippen MR) is 110 cm³/mol. The molecular formula is C19H21ClN4O4S. The molecule has 0 amide bonds. The van der Waals surface area contributed by atoms with E-state index in [-0.39, 0.29) is 23.2 Å². The summed E-state index contributed by atoms with van der Waals surface area (Å²) >= 11 is 5.96. The lowest BCUT2D eigenvalue weighted by atomic mass is 10.2. The first-order valence-electron chi connectivity index (χ1n) is 9.24. The van der Waals surface area contributed by atoms with Crippen molar-refractivity contribution in [2.75, 3.05) is 26.8 Å². The van der Waals surface area contributed by atoms with Crippen molar-refractivity contribution in [3.63, 3.8) is 0 Å². The number of rotatable bonds is 6. The van der Waals surface area contributed by atoms with Gasteiger partial charge in [-0.25, -0.2) is 18.2 Å². The van der Waals surface area contributed by atoms with Crippen LogP contribution in [-0.2, 0) is 21.3 Å². The molecule has 0 spiro atoms. The van der Waals surface area contributed by atoms with Gasteiger partial charge in [0.2, 0.25) is 10.0 Å². The minimum atomic E-state index is -3.69. The number of benzene rings is 1. The molecule has 10 heteroatoms. The fraction of sp³-hybridized carbons (Fsp3) is 0.368. The molecule has 0 aliphatic carbocycles. The van der Waals surface area contributed by atoms with Gasteiger partial charge in [0, 0.05) is 31.4 Å². The van der Waals surface area contributed by atoms with Crippen molar-refractivity contribution in [2.45, 2.75) is 23.9 Å². The van der Waals surface area contributed by atoms with Gasteiger partial charge in [-0.3, -0.25) is 9.13 Å². The van der Waals surface area contributed by atoms with Gasteiger partial charge in [0.05, 0.1) is 29.6 Å². The van der Waals surface area contributed by atoms with E-state index in [9.17, 15) is 13.2 Å². The van der Waals surface area contributed by atoms with Gasteiger partial charge in [-0.2, -0.15) is 4.31 Å². The van der Waals surface area contributed by atoms with Gasteiger partial charge < -0.3 is 4.74 Å². The van der Waals surface area contributed by atoms with Crippen molar-refractivity contribution in [1.82, 2.24) is 18.4 Å². The van der Waals surface area contributed by atoms with E-state index < -0.39 is 10.0 Å². The number of pyridine rings is 1. The average molecular weight is 437 g/mol. The van der Waals surface area contributed by atoms with Crippen molar-refractivity contribution in [3.8, 4) is 0 Å². The van der Waals surface area contributed by atoms with Crippen LogP contribution in [0.25, 0.3) is 11.2 Å². The number of hydrogen-bond donors (Lipinski definition) is 0. The summed E-state index contributed by atoms with van der Waals surface area (Å²) in [5.74, 6) is 0. The van der Waals surface area contributed by atoms with Crippen LogP contribution in [0.2, 0.25) is 5.02 Å². The highest BCUT2D eigenvalue weighted by Gasteiger charge is 2.35. The Bertz CT molecular complexity index is 1200. The number of imidazole rings is 1. The summed E-state index contributed by atoms with van der Waals surface area (Å²) in [5.41, 5.74) is 1.06. The zero-order valence-corrected chi connectivity index (χ0v) is 17.4. The Morgan fingerprint density at radius 3 is 2.86 bits per heavy atom. The smallest absolute Gasteiger partial charge is 0.330 e. The Kier molecular flexibility index (Phi) is 5.48. The van der Waals surface area contributed by atoms with Crippen LogP contribution in [0.3, 0.4) is 0 Å². The van der Waals surface area contributed by atoms with E-state index in [1.54, 1.807) is 40.6 Å². The van der Waals surface area contributed by atoms with Crippen LogP contribution >= 0.6 is 11.6 Å². The summed E-state index contributed by atoms with van der Waals surface area (Å²) in [6.07, 6.45) is 2.16. The fourth-order valence-electron chi connectivity index (χ4n) is 3.75. The van der Waals surface area contributed by atoms with Crippen molar-refractivity contribution < 1.29 is 13.2 Å². The monoisotopic (exact) mass is 436 g/mol. The summed E-state index contributed by atoms with van der Waals surface area (Å²) in [5, 5.41) is 0.364. The first-order valence-corrected chi connectivity index (χ1v) is 11.1. The molecule has 3 heterocycles. The van der Waals surface area contributed by atoms with E-state index in [0.717, 1.165) is 0 Å². The number of sulfonamides is 1. The molecule has 154 valence electrons. The quantitative estimate of drug-likeness (QED) is 0.590. The van der Waals surface area contributed by atoms with Gasteiger partial charge in [-0.05, 0) is 36.8 Å². The summed E-state index contributed by atoms with van der Waals surface area (Å²) in [6, 6.07) is 9.53. The molecule has 1 aliphatic rings. The highest BCUT2D eigenvalue weighted by molar-refractivity contribution is 7.89. The van der Waals surface area contributed by atoms with Crippen LogP contribution < -0.4 is 5.69 Å². The zero-order valence-electron chi connectivity index (χ0n) is 15.9. The Morgan fingerprint density at radius 2 is 2.10 bits per heavy atom. The molecule has 0 bridgehead atoms. The summed E-state index contributed by atoms with van der Waals surface area (Å²) in [7, 11) is -2.11. The highest BCUT2D eigenvalue weighted by atomic mass is 35.5. The second kappa shape index (κ2) is 7.91. The first kappa shape index (κ1) is 20.1. The molecule has 1 fully saturated rings. The number of nitrogens with zero attached hydrogens (tertiary/aromatic N) is 4. The molecule has 2 aromatic heterocycles. The maximum atomic E-state index is 13.1. The fourth-order valence-corrected chi connectivity index (χ4v) is 5.55. The van der Waals surface area contributed by atoms with Crippen molar-refractivity contribution in [1.29, 1.82) is 0 Å². The first-order chi connectivity index (χ1) is 13.9. The van der Waals surface area contributed by atoms with Crippen molar-refractivity contribution in [3.05, 3.63) is 58.1 Å². The Labute approximate surface area is 173 Å². The van der Waals surface area contributed by atoms with Crippen molar-refractivity contribution in [2.24, 2.45) is 0 Å². The number of hydrogen-bond acceptors (Lipinski definition) is 5. The summed E-state index contributed by atoms with van der Waals surface area (Å²) in [6.45, 7) is 1.33. The second-order valence-corrected chi connectivity index (χ2v) is 9.28. The maximum Gasteiger partial charge on any atom is 0.330 e. The Hall–Kier alpha value is -2.20. The topological polar surface area (TPSA) is 86.4 Å². The molecular weight excluding hydrogens is 416 g/mol. The van der Waals surface area contributed by atoms with Gasteiger partial charge >= 0.3 is 5.69 Å². The lowest BCUT2D eigenvalue weighted by molar-refractivity contribution is 0.187. The van der Waals surface area contributed by atoms with E-state index in [0.29, 0.717) is 42.3 Å². The number of ether oxygens (including phenoxy) is 1. The summed E-state index contributed by atoms with van der Waals surface area (Å²) in [4.78, 5) is 17.6. The van der Waals surface area contributed by atoms with Crippen LogP contribution in [0, 0.1) is 0 Å². The van der Waals surface area contributed by atoms with Crippen LogP contribution in [0.4, 0.5) is 0 Å². The lowest BCUT2D eigenvalue weighted by Gasteiger charge is -2.17. The maximum absolute atomic E-state index is 13.1. The van der Waals surface area contributed by atoms with E-state index in [1.807, 2.05) is 6.07 Å². The molecule has 0 radical (unpaired) electrons. The zero-order chi connectivity index (χ0) is 20.6. The highest BCUT2D eigenvalue weighted by Crippen LogP contribution is 2.29. The number of fused-ring (bicyclic) bond motifs is 1. The lowest BCUT2D eigenvalue weighted by Crippen LogP contribution is -2.32. The number of aromatic nitrogens is 3. The SMILES string of the molecule is COCCn1c(=O)n([C@@H]2CCN(S(=O)(=O)c3cccc(Cl)c3)C2)c2ncccc21. The summed E-state index contributed by atoms with van der Waals surface area (Å²) < 4.78 is 35.8. The Balaban J connectivity index is 1.69. The molecule has 3 aromatic rings. The minimum absolute atomic E-state index is 0.152.